The SMILES string of the molecule is Cn1cc(Cl)c(/C=C(\C#N)S(=O)(=O)c2ccccn2)n1. The molecule has 0 aliphatic rings. The van der Waals surface area contributed by atoms with Crippen LogP contribution in [0.1, 0.15) is 5.69 Å². The number of nitrogens with zero attached hydrogens (tertiary/aromatic N) is 4. The Labute approximate surface area is 120 Å². The Kier molecular flexibility index (Phi) is 3.88. The van der Waals surface area contributed by atoms with Crippen molar-refractivity contribution in [2.75, 3.05) is 0 Å². The highest BCUT2D eigenvalue weighted by molar-refractivity contribution is 7.95. The summed E-state index contributed by atoms with van der Waals surface area (Å²) in [5.74, 6) is 0. The van der Waals surface area contributed by atoms with E-state index in [4.69, 9.17) is 16.9 Å². The van der Waals surface area contributed by atoms with Crippen LogP contribution in [-0.4, -0.2) is 23.2 Å². The Bertz CT molecular complexity index is 804. The molecule has 0 unspecified atom stereocenters. The van der Waals surface area contributed by atoms with E-state index in [2.05, 4.69) is 10.1 Å². The predicted molar refractivity (Wildman–Crippen MR) is 73.2 cm³/mol. The summed E-state index contributed by atoms with van der Waals surface area (Å²) in [5.41, 5.74) is 0.213. The third kappa shape index (κ3) is 2.71. The maximum atomic E-state index is 12.3. The van der Waals surface area contributed by atoms with Gasteiger partial charge in [-0.2, -0.15) is 10.4 Å². The molecule has 0 radical (unpaired) electrons. The van der Waals surface area contributed by atoms with E-state index >= 15 is 0 Å². The first kappa shape index (κ1) is 14.2. The molecule has 0 spiro atoms. The molecule has 0 saturated carbocycles. The largest absolute Gasteiger partial charge is 0.274 e. The van der Waals surface area contributed by atoms with Crippen LogP contribution in [0.25, 0.3) is 6.08 Å². The summed E-state index contributed by atoms with van der Waals surface area (Å²) < 4.78 is 25.9. The van der Waals surface area contributed by atoms with Crippen molar-refractivity contribution in [2.45, 2.75) is 5.03 Å². The number of pyridine rings is 1. The van der Waals surface area contributed by atoms with Gasteiger partial charge < -0.3 is 0 Å². The molecule has 0 saturated heterocycles. The molecule has 20 heavy (non-hydrogen) atoms. The summed E-state index contributed by atoms with van der Waals surface area (Å²) in [7, 11) is -2.33. The molecule has 0 aliphatic carbocycles. The van der Waals surface area contributed by atoms with Gasteiger partial charge in [0.25, 0.3) is 0 Å². The van der Waals surface area contributed by atoms with Gasteiger partial charge in [-0.3, -0.25) is 4.68 Å². The van der Waals surface area contributed by atoms with Crippen molar-refractivity contribution in [3.05, 3.63) is 46.2 Å². The fraction of sp³-hybridized carbons (Fsp3) is 0.0833. The highest BCUT2D eigenvalue weighted by Crippen LogP contribution is 2.22. The Morgan fingerprint density at radius 2 is 2.25 bits per heavy atom. The van der Waals surface area contributed by atoms with Crippen LogP contribution in [0.2, 0.25) is 5.02 Å². The number of hydrogen-bond acceptors (Lipinski definition) is 5. The average Bonchev–Trinajstić information content (AvgIpc) is 2.75. The molecule has 6 nitrogen and oxygen atoms in total. The second kappa shape index (κ2) is 5.45. The molecule has 2 aromatic rings. The van der Waals surface area contributed by atoms with Gasteiger partial charge in [-0.05, 0) is 18.2 Å². The zero-order valence-corrected chi connectivity index (χ0v) is 11.9. The molecule has 0 aliphatic heterocycles. The van der Waals surface area contributed by atoms with Crippen molar-refractivity contribution in [3.63, 3.8) is 0 Å². The van der Waals surface area contributed by atoms with Gasteiger partial charge in [-0.25, -0.2) is 13.4 Å². The molecule has 0 N–H and O–H groups in total. The monoisotopic (exact) mass is 308 g/mol. The number of nitriles is 1. The Morgan fingerprint density at radius 3 is 2.75 bits per heavy atom. The number of aryl methyl sites for hydroxylation is 1. The fourth-order valence-electron chi connectivity index (χ4n) is 1.49. The van der Waals surface area contributed by atoms with Gasteiger partial charge in [0.05, 0.1) is 5.02 Å². The second-order valence-corrected chi connectivity index (χ2v) is 6.10. The Hall–Kier alpha value is -2.17. The molecule has 2 heterocycles. The van der Waals surface area contributed by atoms with Crippen LogP contribution in [-0.2, 0) is 16.9 Å². The average molecular weight is 309 g/mol. The minimum atomic E-state index is -3.98. The summed E-state index contributed by atoms with van der Waals surface area (Å²) in [6.07, 6.45) is 3.98. The lowest BCUT2D eigenvalue weighted by atomic mass is 10.4. The van der Waals surface area contributed by atoms with Crippen molar-refractivity contribution in [3.8, 4) is 6.07 Å². The molecular weight excluding hydrogens is 300 g/mol. The van der Waals surface area contributed by atoms with Gasteiger partial charge in [-0.15, -0.1) is 0 Å². The van der Waals surface area contributed by atoms with Gasteiger partial charge in [0, 0.05) is 19.4 Å². The van der Waals surface area contributed by atoms with E-state index < -0.39 is 14.7 Å². The topological polar surface area (TPSA) is 88.6 Å². The molecule has 2 rings (SSSR count). The van der Waals surface area contributed by atoms with Crippen molar-refractivity contribution >= 4 is 27.5 Å². The van der Waals surface area contributed by atoms with Crippen LogP contribution in [0.5, 0.6) is 0 Å². The smallest absolute Gasteiger partial charge is 0.233 e. The number of sulfone groups is 1. The van der Waals surface area contributed by atoms with Gasteiger partial charge in [0.15, 0.2) is 9.93 Å². The zero-order chi connectivity index (χ0) is 14.8. The van der Waals surface area contributed by atoms with Crippen LogP contribution in [0, 0.1) is 11.3 Å². The van der Waals surface area contributed by atoms with Gasteiger partial charge in [-0.1, -0.05) is 17.7 Å². The molecule has 8 heteroatoms. The van der Waals surface area contributed by atoms with Gasteiger partial charge in [0.1, 0.15) is 11.8 Å². The summed E-state index contributed by atoms with van der Waals surface area (Å²) in [6.45, 7) is 0. The molecule has 2 aromatic heterocycles. The fourth-order valence-corrected chi connectivity index (χ4v) is 2.79. The number of aromatic nitrogens is 3. The van der Waals surface area contributed by atoms with Crippen molar-refractivity contribution in [2.24, 2.45) is 7.05 Å². The lowest BCUT2D eigenvalue weighted by Gasteiger charge is -2.00. The van der Waals surface area contributed by atoms with E-state index in [1.807, 2.05) is 0 Å². The summed E-state index contributed by atoms with van der Waals surface area (Å²) in [4.78, 5) is 3.29. The molecule has 0 fully saturated rings. The summed E-state index contributed by atoms with van der Waals surface area (Å²) >= 11 is 5.89. The van der Waals surface area contributed by atoms with Gasteiger partial charge in [0.2, 0.25) is 9.84 Å². The summed E-state index contributed by atoms with van der Waals surface area (Å²) in [5, 5.41) is 13.1. The maximum Gasteiger partial charge on any atom is 0.233 e. The van der Waals surface area contributed by atoms with E-state index in [-0.39, 0.29) is 15.7 Å². The first-order valence-corrected chi connectivity index (χ1v) is 7.28. The van der Waals surface area contributed by atoms with Gasteiger partial charge >= 0.3 is 0 Å². The maximum absolute atomic E-state index is 12.3. The highest BCUT2D eigenvalue weighted by Gasteiger charge is 2.22. The normalized spacial score (nSPS) is 12.2. The van der Waals surface area contributed by atoms with E-state index in [0.29, 0.717) is 0 Å². The van der Waals surface area contributed by atoms with E-state index in [1.54, 1.807) is 19.2 Å². The third-order valence-corrected chi connectivity index (χ3v) is 4.26. The standard InChI is InChI=1S/C12H9ClN4O2S/c1-17-8-10(13)11(16-17)6-9(7-14)20(18,19)12-4-2-3-5-15-12/h2-6,8H,1H3/b9-6+. The van der Waals surface area contributed by atoms with Crippen LogP contribution in [0.3, 0.4) is 0 Å². The molecular formula is C12H9ClN4O2S. The minimum Gasteiger partial charge on any atom is -0.274 e. The van der Waals surface area contributed by atoms with Crippen LogP contribution in [0.4, 0.5) is 0 Å². The van der Waals surface area contributed by atoms with Crippen LogP contribution >= 0.6 is 11.6 Å². The molecule has 102 valence electrons. The van der Waals surface area contributed by atoms with Crippen molar-refractivity contribution in [1.29, 1.82) is 5.26 Å². The minimum absolute atomic E-state index is 0.195. The van der Waals surface area contributed by atoms with Crippen molar-refractivity contribution in [1.82, 2.24) is 14.8 Å². The zero-order valence-electron chi connectivity index (χ0n) is 10.4. The highest BCUT2D eigenvalue weighted by atomic mass is 35.5. The predicted octanol–water partition coefficient (Wildman–Crippen LogP) is 1.81. The first-order chi connectivity index (χ1) is 9.45. The third-order valence-electron chi connectivity index (χ3n) is 2.39. The molecule has 0 amide bonds. The lowest BCUT2D eigenvalue weighted by molar-refractivity contribution is 0.599. The van der Waals surface area contributed by atoms with E-state index in [9.17, 15) is 8.42 Å². The molecule has 0 aromatic carbocycles. The number of allylic oxidation sites excluding steroid dienone is 1. The first-order valence-electron chi connectivity index (χ1n) is 5.42. The lowest BCUT2D eigenvalue weighted by Crippen LogP contribution is -2.05. The molecule has 0 bridgehead atoms. The Morgan fingerprint density at radius 1 is 1.50 bits per heavy atom. The number of rotatable bonds is 3. The Balaban J connectivity index is 2.54. The number of halogens is 1. The van der Waals surface area contributed by atoms with E-state index in [1.165, 1.54) is 29.2 Å². The summed E-state index contributed by atoms with van der Waals surface area (Å²) in [6, 6.07) is 6.09. The van der Waals surface area contributed by atoms with Crippen LogP contribution in [0.15, 0.2) is 40.5 Å². The second-order valence-electron chi connectivity index (χ2n) is 3.83. The van der Waals surface area contributed by atoms with Crippen LogP contribution < -0.4 is 0 Å². The van der Waals surface area contributed by atoms with Crippen molar-refractivity contribution < 1.29 is 8.42 Å². The quantitative estimate of drug-likeness (QED) is 0.807. The molecule has 0 atom stereocenters. The van der Waals surface area contributed by atoms with E-state index in [0.717, 1.165) is 6.08 Å². The number of hydrogen-bond donors (Lipinski definition) is 0.